The normalized spacial score (nSPS) is 19.4. The Bertz CT molecular complexity index is 850. The fourth-order valence-electron chi connectivity index (χ4n) is 3.51. The molecule has 1 aromatic carbocycles. The molecule has 142 valence electrons. The number of hydrogen-bond donors (Lipinski definition) is 0. The number of ketones is 1. The first-order chi connectivity index (χ1) is 13.1. The smallest absolute Gasteiger partial charge is 0.317 e. The summed E-state index contributed by atoms with van der Waals surface area (Å²) in [6, 6.07) is 8.99. The van der Waals surface area contributed by atoms with Crippen molar-refractivity contribution in [3.63, 3.8) is 0 Å². The van der Waals surface area contributed by atoms with Crippen molar-refractivity contribution < 1.29 is 28.2 Å². The Morgan fingerprint density at radius 2 is 2.00 bits per heavy atom. The molecule has 1 aliphatic rings. The summed E-state index contributed by atoms with van der Waals surface area (Å²) in [6.07, 6.45) is 3.47. The van der Waals surface area contributed by atoms with Crippen LogP contribution in [0.15, 0.2) is 47.1 Å². The van der Waals surface area contributed by atoms with Gasteiger partial charge in [-0.2, -0.15) is 0 Å². The van der Waals surface area contributed by atoms with Gasteiger partial charge < -0.3 is 18.6 Å². The Labute approximate surface area is 157 Å². The van der Waals surface area contributed by atoms with E-state index in [9.17, 15) is 9.59 Å². The van der Waals surface area contributed by atoms with Crippen LogP contribution in [0.5, 0.6) is 11.5 Å². The molecule has 6 heteroatoms. The first-order valence-corrected chi connectivity index (χ1v) is 8.76. The summed E-state index contributed by atoms with van der Waals surface area (Å²) in [5.41, 5.74) is 1.46. The highest BCUT2D eigenvalue weighted by molar-refractivity contribution is 6.10. The monoisotopic (exact) mass is 370 g/mol. The van der Waals surface area contributed by atoms with E-state index < -0.39 is 17.8 Å². The maximum Gasteiger partial charge on any atom is 0.317 e. The van der Waals surface area contributed by atoms with Crippen LogP contribution in [0, 0.1) is 5.92 Å². The predicted octanol–water partition coefficient (Wildman–Crippen LogP) is 3.62. The van der Waals surface area contributed by atoms with E-state index in [1.807, 2.05) is 12.1 Å². The molecule has 0 spiro atoms. The van der Waals surface area contributed by atoms with E-state index >= 15 is 0 Å². The largest absolute Gasteiger partial charge is 0.493 e. The minimum Gasteiger partial charge on any atom is -0.493 e. The lowest BCUT2D eigenvalue weighted by atomic mass is 9.74. The second-order valence-electron chi connectivity index (χ2n) is 6.17. The van der Waals surface area contributed by atoms with Gasteiger partial charge in [0, 0.05) is 11.5 Å². The summed E-state index contributed by atoms with van der Waals surface area (Å²) < 4.78 is 21.5. The van der Waals surface area contributed by atoms with Crippen molar-refractivity contribution in [2.75, 3.05) is 20.8 Å². The number of ether oxygens (including phenoxy) is 3. The molecule has 0 bridgehead atoms. The van der Waals surface area contributed by atoms with Crippen molar-refractivity contribution in [1.82, 2.24) is 0 Å². The van der Waals surface area contributed by atoms with Gasteiger partial charge in [0.25, 0.3) is 0 Å². The standard InChI is InChI=1S/C21H22O6/c1-4-26-21(23)19-15(14-7-5-8-18(24-2)20(14)25-3)11-13(12-16(19)22)17-9-6-10-27-17/h5-10,12,15,19H,4,11H2,1-3H3/t15-,19+/m1/s1. The average molecular weight is 370 g/mol. The first kappa shape index (κ1) is 18.8. The van der Waals surface area contributed by atoms with E-state index in [-0.39, 0.29) is 12.4 Å². The molecule has 0 unspecified atom stereocenters. The number of benzene rings is 1. The van der Waals surface area contributed by atoms with Crippen LogP contribution < -0.4 is 9.47 Å². The van der Waals surface area contributed by atoms with Crippen molar-refractivity contribution in [2.24, 2.45) is 5.92 Å². The first-order valence-electron chi connectivity index (χ1n) is 8.76. The van der Waals surface area contributed by atoms with Gasteiger partial charge in [0.05, 0.1) is 27.1 Å². The zero-order valence-electron chi connectivity index (χ0n) is 15.6. The van der Waals surface area contributed by atoms with Crippen molar-refractivity contribution in [3.05, 3.63) is 54.0 Å². The van der Waals surface area contributed by atoms with E-state index in [4.69, 9.17) is 18.6 Å². The molecule has 2 atom stereocenters. The van der Waals surface area contributed by atoms with Gasteiger partial charge in [-0.25, -0.2) is 0 Å². The number of rotatable bonds is 6. The number of furan rings is 1. The third-order valence-corrected chi connectivity index (χ3v) is 4.68. The summed E-state index contributed by atoms with van der Waals surface area (Å²) >= 11 is 0. The number of methoxy groups -OCH3 is 2. The molecule has 2 aromatic rings. The summed E-state index contributed by atoms with van der Waals surface area (Å²) in [4.78, 5) is 25.4. The molecule has 3 rings (SSSR count). The molecule has 6 nitrogen and oxygen atoms in total. The number of para-hydroxylation sites is 1. The second kappa shape index (κ2) is 8.12. The fourth-order valence-corrected chi connectivity index (χ4v) is 3.51. The number of allylic oxidation sites excluding steroid dienone is 2. The fraction of sp³-hybridized carbons (Fsp3) is 0.333. The molecule has 0 aliphatic heterocycles. The third kappa shape index (κ3) is 3.60. The highest BCUT2D eigenvalue weighted by atomic mass is 16.5. The van der Waals surface area contributed by atoms with E-state index in [2.05, 4.69) is 0 Å². The lowest BCUT2D eigenvalue weighted by Gasteiger charge is -2.30. The van der Waals surface area contributed by atoms with Crippen LogP contribution in [-0.4, -0.2) is 32.6 Å². The highest BCUT2D eigenvalue weighted by Gasteiger charge is 2.41. The lowest BCUT2D eigenvalue weighted by molar-refractivity contribution is -0.151. The van der Waals surface area contributed by atoms with E-state index in [0.29, 0.717) is 23.7 Å². The average Bonchev–Trinajstić information content (AvgIpc) is 3.21. The number of esters is 1. The molecule has 0 saturated carbocycles. The van der Waals surface area contributed by atoms with Gasteiger partial charge in [0.1, 0.15) is 11.7 Å². The SMILES string of the molecule is CCOC(=O)[C@@H]1C(=O)C=C(c2ccco2)C[C@@H]1c1cccc(OC)c1OC. The number of carbonyl (C=O) groups is 2. The Hall–Kier alpha value is -3.02. The Morgan fingerprint density at radius 1 is 1.19 bits per heavy atom. The van der Waals surface area contributed by atoms with Crippen molar-refractivity contribution >= 4 is 17.3 Å². The quantitative estimate of drug-likeness (QED) is 0.571. The van der Waals surface area contributed by atoms with Gasteiger partial charge in [0.15, 0.2) is 17.3 Å². The van der Waals surface area contributed by atoms with Gasteiger partial charge in [-0.3, -0.25) is 9.59 Å². The molecule has 27 heavy (non-hydrogen) atoms. The summed E-state index contributed by atoms with van der Waals surface area (Å²) in [6.45, 7) is 1.93. The Morgan fingerprint density at radius 3 is 2.63 bits per heavy atom. The Kier molecular flexibility index (Phi) is 5.64. The van der Waals surface area contributed by atoms with Crippen LogP contribution in [0.3, 0.4) is 0 Å². The van der Waals surface area contributed by atoms with Crippen LogP contribution in [0.2, 0.25) is 0 Å². The van der Waals surface area contributed by atoms with E-state index in [1.165, 1.54) is 13.2 Å². The molecular formula is C21H22O6. The van der Waals surface area contributed by atoms with E-state index in [0.717, 1.165) is 11.1 Å². The Balaban J connectivity index is 2.10. The van der Waals surface area contributed by atoms with Gasteiger partial charge >= 0.3 is 5.97 Å². The van der Waals surface area contributed by atoms with Crippen LogP contribution in [0.25, 0.3) is 5.57 Å². The molecule has 0 amide bonds. The van der Waals surface area contributed by atoms with Crippen molar-refractivity contribution in [3.8, 4) is 11.5 Å². The molecule has 1 aliphatic carbocycles. The minimum absolute atomic E-state index is 0.208. The maximum atomic E-state index is 12.9. The molecule has 0 saturated heterocycles. The second-order valence-corrected chi connectivity index (χ2v) is 6.17. The summed E-state index contributed by atoms with van der Waals surface area (Å²) in [7, 11) is 3.08. The van der Waals surface area contributed by atoms with Gasteiger partial charge in [-0.15, -0.1) is 0 Å². The van der Waals surface area contributed by atoms with Crippen LogP contribution in [0.4, 0.5) is 0 Å². The van der Waals surface area contributed by atoms with Gasteiger partial charge in [-0.1, -0.05) is 12.1 Å². The van der Waals surface area contributed by atoms with Crippen LogP contribution in [-0.2, 0) is 14.3 Å². The zero-order valence-corrected chi connectivity index (χ0v) is 15.6. The topological polar surface area (TPSA) is 75.0 Å². The third-order valence-electron chi connectivity index (χ3n) is 4.68. The minimum atomic E-state index is -0.940. The predicted molar refractivity (Wildman–Crippen MR) is 98.7 cm³/mol. The molecule has 1 aromatic heterocycles. The van der Waals surface area contributed by atoms with Gasteiger partial charge in [-0.05, 0) is 43.2 Å². The number of hydrogen-bond acceptors (Lipinski definition) is 6. The highest BCUT2D eigenvalue weighted by Crippen LogP contribution is 2.45. The lowest BCUT2D eigenvalue weighted by Crippen LogP contribution is -2.34. The molecule has 0 fully saturated rings. The summed E-state index contributed by atoms with van der Waals surface area (Å²) in [5, 5.41) is 0. The maximum absolute atomic E-state index is 12.9. The van der Waals surface area contributed by atoms with Crippen molar-refractivity contribution in [1.29, 1.82) is 0 Å². The zero-order chi connectivity index (χ0) is 19.4. The number of carbonyl (C=O) groups excluding carboxylic acids is 2. The molecule has 0 N–H and O–H groups in total. The van der Waals surface area contributed by atoms with Gasteiger partial charge in [0.2, 0.25) is 0 Å². The molecular weight excluding hydrogens is 348 g/mol. The summed E-state index contributed by atoms with van der Waals surface area (Å²) in [5.74, 6) is -0.575. The van der Waals surface area contributed by atoms with Crippen LogP contribution in [0.1, 0.15) is 30.6 Å². The van der Waals surface area contributed by atoms with Crippen molar-refractivity contribution in [2.45, 2.75) is 19.3 Å². The van der Waals surface area contributed by atoms with Crippen LogP contribution >= 0.6 is 0 Å². The molecule has 0 radical (unpaired) electrons. The molecule has 1 heterocycles. The van der Waals surface area contributed by atoms with E-state index in [1.54, 1.807) is 38.5 Å².